The number of nitrogens with zero attached hydrogens (tertiary/aromatic N) is 2. The van der Waals surface area contributed by atoms with Crippen molar-refractivity contribution in [2.24, 2.45) is 4.99 Å². The Morgan fingerprint density at radius 2 is 2.09 bits per heavy atom. The lowest BCUT2D eigenvalue weighted by Gasteiger charge is -2.33. The number of fused-ring (bicyclic) bond motifs is 1. The topological polar surface area (TPSA) is 60.4 Å². The quantitative estimate of drug-likeness (QED) is 0.457. The van der Waals surface area contributed by atoms with E-state index in [0.29, 0.717) is 22.8 Å². The highest BCUT2D eigenvalue weighted by Gasteiger charge is 2.37. The Labute approximate surface area is 200 Å². The first kappa shape index (κ1) is 23.2. The second-order valence-electron chi connectivity index (χ2n) is 7.23. The number of benzene rings is 2. The number of carbonyl (C=O) groups excluding carboxylic acids is 1. The van der Waals surface area contributed by atoms with E-state index in [1.807, 2.05) is 22.6 Å². The molecule has 0 aromatic heterocycles. The molecule has 9 heteroatoms. The van der Waals surface area contributed by atoms with Gasteiger partial charge in [0, 0.05) is 11.8 Å². The minimum atomic E-state index is -0.440. The van der Waals surface area contributed by atoms with Gasteiger partial charge < -0.3 is 19.1 Å². The zero-order valence-electron chi connectivity index (χ0n) is 18.3. The van der Waals surface area contributed by atoms with Crippen molar-refractivity contribution in [1.82, 2.24) is 4.90 Å². The van der Waals surface area contributed by atoms with Crippen molar-refractivity contribution in [3.63, 3.8) is 0 Å². The first-order chi connectivity index (χ1) is 15.9. The van der Waals surface area contributed by atoms with Crippen molar-refractivity contribution in [1.29, 1.82) is 0 Å². The normalized spacial score (nSPS) is 17.1. The summed E-state index contributed by atoms with van der Waals surface area (Å²) in [6.45, 7) is 3.77. The van der Waals surface area contributed by atoms with Crippen molar-refractivity contribution in [3.8, 4) is 11.5 Å². The molecule has 0 spiro atoms. The predicted molar refractivity (Wildman–Crippen MR) is 127 cm³/mol. The zero-order valence-corrected chi connectivity index (χ0v) is 19.9. The van der Waals surface area contributed by atoms with Gasteiger partial charge in [-0.3, -0.25) is 0 Å². The van der Waals surface area contributed by atoms with E-state index in [9.17, 15) is 9.18 Å². The van der Waals surface area contributed by atoms with Gasteiger partial charge in [0.15, 0.2) is 16.7 Å². The second kappa shape index (κ2) is 9.89. The molecule has 0 N–H and O–H groups in total. The van der Waals surface area contributed by atoms with Crippen LogP contribution < -0.4 is 9.47 Å². The number of amidine groups is 1. The maximum absolute atomic E-state index is 14.1. The van der Waals surface area contributed by atoms with E-state index in [1.165, 1.54) is 24.9 Å². The fourth-order valence-electron chi connectivity index (χ4n) is 3.69. The molecule has 2 aromatic carbocycles. The number of hydrogen-bond acceptors (Lipinski definition) is 7. The van der Waals surface area contributed by atoms with Gasteiger partial charge >= 0.3 is 5.97 Å². The Morgan fingerprint density at radius 1 is 1.27 bits per heavy atom. The van der Waals surface area contributed by atoms with E-state index in [-0.39, 0.29) is 23.8 Å². The van der Waals surface area contributed by atoms with Crippen LogP contribution in [0, 0.1) is 5.82 Å². The monoisotopic (exact) mass is 488 g/mol. The molecular weight excluding hydrogens is 467 g/mol. The van der Waals surface area contributed by atoms with Crippen LogP contribution in [0.15, 0.2) is 64.3 Å². The summed E-state index contributed by atoms with van der Waals surface area (Å²) in [5.41, 5.74) is 2.13. The van der Waals surface area contributed by atoms with Gasteiger partial charge in [0.05, 0.1) is 36.1 Å². The predicted octanol–water partition coefficient (Wildman–Crippen LogP) is 5.83. The van der Waals surface area contributed by atoms with Crippen LogP contribution in [0.2, 0.25) is 5.02 Å². The summed E-state index contributed by atoms with van der Waals surface area (Å²) in [7, 11) is 1.52. The van der Waals surface area contributed by atoms with Gasteiger partial charge in [-0.25, -0.2) is 14.2 Å². The molecule has 0 aliphatic carbocycles. The standard InChI is InChI=1S/C24H22ClFN2O4S/c1-4-31-23(29)21-14(2)27-24-28(10-11-33-24)22(21)15-8-9-19(20(12-15)30-3)32-13-16-17(25)6-5-7-18(16)26/h5-12,22H,4,13H2,1-3H3/t22-/m1/s1. The minimum absolute atomic E-state index is 0.0555. The molecule has 2 aliphatic rings. The molecule has 0 saturated heterocycles. The van der Waals surface area contributed by atoms with Crippen LogP contribution in [0.4, 0.5) is 4.39 Å². The first-order valence-corrected chi connectivity index (χ1v) is 11.5. The molecule has 6 nitrogen and oxygen atoms in total. The molecule has 4 rings (SSSR count). The molecule has 1 atom stereocenters. The third-order valence-corrected chi connectivity index (χ3v) is 6.38. The number of methoxy groups -OCH3 is 1. The Hall–Kier alpha value is -2.97. The molecular formula is C24H22ClFN2O4S. The lowest BCUT2D eigenvalue weighted by Crippen LogP contribution is -2.34. The van der Waals surface area contributed by atoms with E-state index in [0.717, 1.165) is 10.7 Å². The fourth-order valence-corrected chi connectivity index (χ4v) is 4.70. The van der Waals surface area contributed by atoms with Gasteiger partial charge in [-0.2, -0.15) is 0 Å². The Balaban J connectivity index is 1.67. The summed E-state index contributed by atoms with van der Waals surface area (Å²) in [5, 5.41) is 2.98. The van der Waals surface area contributed by atoms with Crippen LogP contribution in [0.25, 0.3) is 0 Å². The lowest BCUT2D eigenvalue weighted by atomic mass is 9.94. The highest BCUT2D eigenvalue weighted by molar-refractivity contribution is 8.16. The van der Waals surface area contributed by atoms with Gasteiger partial charge in [-0.15, -0.1) is 0 Å². The van der Waals surface area contributed by atoms with Crippen molar-refractivity contribution in [3.05, 3.63) is 81.2 Å². The van der Waals surface area contributed by atoms with E-state index < -0.39 is 17.8 Å². The maximum Gasteiger partial charge on any atom is 0.338 e. The highest BCUT2D eigenvalue weighted by atomic mass is 35.5. The number of ether oxygens (including phenoxy) is 3. The summed E-state index contributed by atoms with van der Waals surface area (Å²) in [5.74, 6) is 0.0161. The number of hydrogen-bond donors (Lipinski definition) is 0. The molecule has 0 saturated carbocycles. The third-order valence-electron chi connectivity index (χ3n) is 5.25. The maximum atomic E-state index is 14.1. The van der Waals surface area contributed by atoms with Crippen LogP contribution in [0.1, 0.15) is 31.0 Å². The summed E-state index contributed by atoms with van der Waals surface area (Å²) in [4.78, 5) is 19.3. The SMILES string of the molecule is CCOC(=O)C1=C(C)N=C2SC=CN2[C@@H]1c1ccc(OCc2c(F)cccc2Cl)c(OC)c1. The van der Waals surface area contributed by atoms with Gasteiger partial charge in [-0.05, 0) is 49.1 Å². The van der Waals surface area contributed by atoms with Gasteiger partial charge in [-0.1, -0.05) is 35.5 Å². The van der Waals surface area contributed by atoms with Crippen molar-refractivity contribution in [2.45, 2.75) is 26.5 Å². The van der Waals surface area contributed by atoms with Gasteiger partial charge in [0.25, 0.3) is 0 Å². The van der Waals surface area contributed by atoms with Crippen molar-refractivity contribution < 1.29 is 23.4 Å². The van der Waals surface area contributed by atoms with Crippen molar-refractivity contribution >= 4 is 34.5 Å². The van der Waals surface area contributed by atoms with Gasteiger partial charge in [0.2, 0.25) is 0 Å². The Bertz CT molecular complexity index is 1160. The molecule has 0 radical (unpaired) electrons. The van der Waals surface area contributed by atoms with Crippen LogP contribution in [-0.4, -0.2) is 29.8 Å². The molecule has 0 fully saturated rings. The van der Waals surface area contributed by atoms with E-state index in [1.54, 1.807) is 38.1 Å². The average molecular weight is 489 g/mol. The zero-order chi connectivity index (χ0) is 23.5. The molecule has 2 aromatic rings. The summed E-state index contributed by atoms with van der Waals surface area (Å²) < 4.78 is 30.8. The average Bonchev–Trinajstić information content (AvgIpc) is 3.26. The fraction of sp³-hybridized carbons (Fsp3) is 0.250. The lowest BCUT2D eigenvalue weighted by molar-refractivity contribution is -0.139. The molecule has 2 heterocycles. The Kier molecular flexibility index (Phi) is 6.95. The number of allylic oxidation sites excluding steroid dienone is 1. The number of rotatable bonds is 7. The molecule has 2 aliphatic heterocycles. The summed E-state index contributed by atoms with van der Waals surface area (Å²) in [6.07, 6.45) is 1.89. The molecule has 172 valence electrons. The summed E-state index contributed by atoms with van der Waals surface area (Å²) >= 11 is 7.59. The first-order valence-electron chi connectivity index (χ1n) is 10.3. The number of aliphatic imine (C=N–C) groups is 1. The molecule has 0 bridgehead atoms. The Morgan fingerprint density at radius 3 is 2.82 bits per heavy atom. The summed E-state index contributed by atoms with van der Waals surface area (Å²) in [6, 6.07) is 9.43. The third kappa shape index (κ3) is 4.58. The van der Waals surface area contributed by atoms with E-state index in [4.69, 9.17) is 25.8 Å². The number of thioether (sulfide) groups is 1. The number of esters is 1. The van der Waals surface area contributed by atoms with Crippen LogP contribution in [0.3, 0.4) is 0 Å². The molecule has 0 unspecified atom stereocenters. The number of carbonyl (C=O) groups is 1. The van der Waals surface area contributed by atoms with Gasteiger partial charge in [0.1, 0.15) is 12.4 Å². The van der Waals surface area contributed by atoms with E-state index >= 15 is 0 Å². The second-order valence-corrected chi connectivity index (χ2v) is 8.51. The molecule has 0 amide bonds. The van der Waals surface area contributed by atoms with Crippen LogP contribution >= 0.6 is 23.4 Å². The highest BCUT2D eigenvalue weighted by Crippen LogP contribution is 2.43. The number of halogens is 2. The minimum Gasteiger partial charge on any atom is -0.493 e. The van der Waals surface area contributed by atoms with E-state index in [2.05, 4.69) is 4.99 Å². The van der Waals surface area contributed by atoms with Crippen LogP contribution in [0.5, 0.6) is 11.5 Å². The molecule has 33 heavy (non-hydrogen) atoms. The van der Waals surface area contributed by atoms with Crippen molar-refractivity contribution in [2.75, 3.05) is 13.7 Å². The largest absolute Gasteiger partial charge is 0.493 e. The van der Waals surface area contributed by atoms with Crippen LogP contribution in [-0.2, 0) is 16.1 Å². The smallest absolute Gasteiger partial charge is 0.338 e.